The molecule has 1 saturated carbocycles. The molecule has 1 aliphatic rings. The average molecular weight is 319 g/mol. The van der Waals surface area contributed by atoms with Crippen molar-refractivity contribution in [3.63, 3.8) is 0 Å². The van der Waals surface area contributed by atoms with Crippen molar-refractivity contribution in [2.45, 2.75) is 38.5 Å². The van der Waals surface area contributed by atoms with E-state index in [1.54, 1.807) is 18.2 Å². The number of benzene rings is 1. The fraction of sp³-hybridized carbons (Fsp3) is 0.529. The molecule has 0 saturated heterocycles. The summed E-state index contributed by atoms with van der Waals surface area (Å²) < 4.78 is 4.77. The van der Waals surface area contributed by atoms with E-state index in [0.29, 0.717) is 5.56 Å². The first-order valence-electron chi connectivity index (χ1n) is 7.88. The van der Waals surface area contributed by atoms with Gasteiger partial charge < -0.3 is 4.74 Å². The number of carbonyl (C=O) groups excluding carboxylic acids is 2. The molecule has 0 amide bonds. The maximum absolute atomic E-state index is 12.7. The molecule has 0 spiro atoms. The summed E-state index contributed by atoms with van der Waals surface area (Å²) in [5.41, 5.74) is 0.315. The van der Waals surface area contributed by atoms with Gasteiger partial charge >= 0.3 is 5.97 Å². The number of ketones is 1. The fourth-order valence-electron chi connectivity index (χ4n) is 3.20. The second kappa shape index (κ2) is 7.85. The lowest BCUT2D eigenvalue weighted by atomic mass is 9.79. The predicted molar refractivity (Wildman–Crippen MR) is 83.9 cm³/mol. The van der Waals surface area contributed by atoms with Crippen molar-refractivity contribution in [2.75, 3.05) is 7.11 Å². The van der Waals surface area contributed by atoms with Gasteiger partial charge in [0, 0.05) is 17.5 Å². The van der Waals surface area contributed by atoms with Crippen LogP contribution < -0.4 is 0 Å². The third-order valence-electron chi connectivity index (χ3n) is 4.45. The monoisotopic (exact) mass is 319 g/mol. The lowest BCUT2D eigenvalue weighted by Gasteiger charge is -2.24. The number of ether oxygens (including phenoxy) is 1. The Kier molecular flexibility index (Phi) is 5.84. The zero-order chi connectivity index (χ0) is 16.8. The number of methoxy groups -OCH3 is 1. The van der Waals surface area contributed by atoms with E-state index >= 15 is 0 Å². The summed E-state index contributed by atoms with van der Waals surface area (Å²) >= 11 is 0. The number of nitro groups is 1. The molecule has 1 aromatic carbocycles. The minimum absolute atomic E-state index is 0.0131. The van der Waals surface area contributed by atoms with Crippen molar-refractivity contribution in [2.24, 2.45) is 11.8 Å². The molecule has 6 nitrogen and oxygen atoms in total. The van der Waals surface area contributed by atoms with Crippen molar-refractivity contribution in [3.05, 3.63) is 39.9 Å². The Morgan fingerprint density at radius 3 is 2.52 bits per heavy atom. The Hall–Kier alpha value is -2.24. The summed E-state index contributed by atoms with van der Waals surface area (Å²) in [4.78, 5) is 35.4. The van der Waals surface area contributed by atoms with Crippen molar-refractivity contribution in [1.29, 1.82) is 0 Å². The maximum atomic E-state index is 12.7. The fourth-order valence-corrected chi connectivity index (χ4v) is 3.20. The Labute approximate surface area is 135 Å². The minimum atomic E-state index is -0.968. The van der Waals surface area contributed by atoms with Gasteiger partial charge in [-0.2, -0.15) is 0 Å². The maximum Gasteiger partial charge on any atom is 0.316 e. The first-order chi connectivity index (χ1) is 11.0. The van der Waals surface area contributed by atoms with E-state index in [1.807, 2.05) is 0 Å². The quantitative estimate of drug-likeness (QED) is 0.348. The summed E-state index contributed by atoms with van der Waals surface area (Å²) in [5, 5.41) is 11.1. The minimum Gasteiger partial charge on any atom is -0.468 e. The molecule has 1 aromatic rings. The molecule has 0 aliphatic heterocycles. The molecule has 0 heterocycles. The van der Waals surface area contributed by atoms with Gasteiger partial charge in [-0.25, -0.2) is 0 Å². The smallest absolute Gasteiger partial charge is 0.316 e. The summed E-state index contributed by atoms with van der Waals surface area (Å²) in [6, 6.07) is 6.20. The number of nitro benzene ring substituents is 1. The highest BCUT2D eigenvalue weighted by atomic mass is 16.6. The van der Waals surface area contributed by atoms with Gasteiger partial charge in [-0.05, 0) is 19.3 Å². The van der Waals surface area contributed by atoms with Gasteiger partial charge in [0.15, 0.2) is 5.78 Å². The van der Waals surface area contributed by atoms with Gasteiger partial charge in [-0.1, -0.05) is 37.5 Å². The molecule has 1 atom stereocenters. The van der Waals surface area contributed by atoms with Crippen molar-refractivity contribution < 1.29 is 19.2 Å². The lowest BCUT2D eigenvalue weighted by molar-refractivity contribution is -0.385. The summed E-state index contributed by atoms with van der Waals surface area (Å²) in [7, 11) is 1.24. The summed E-state index contributed by atoms with van der Waals surface area (Å²) in [5.74, 6) is -1.87. The molecule has 124 valence electrons. The van der Waals surface area contributed by atoms with Crippen molar-refractivity contribution in [3.8, 4) is 0 Å². The molecule has 0 N–H and O–H groups in total. The lowest BCUT2D eigenvalue weighted by Crippen LogP contribution is -2.33. The highest BCUT2D eigenvalue weighted by Gasteiger charge is 2.35. The number of para-hydroxylation sites is 1. The van der Waals surface area contributed by atoms with Gasteiger partial charge in [0.25, 0.3) is 5.69 Å². The van der Waals surface area contributed by atoms with Crippen LogP contribution in [0.25, 0.3) is 0 Å². The highest BCUT2D eigenvalue weighted by molar-refractivity contribution is 6.00. The van der Waals surface area contributed by atoms with E-state index < -0.39 is 16.8 Å². The van der Waals surface area contributed by atoms with Crippen LogP contribution in [0.2, 0.25) is 0 Å². The summed E-state index contributed by atoms with van der Waals surface area (Å²) in [6.45, 7) is 0. The molecule has 2 rings (SSSR count). The van der Waals surface area contributed by atoms with Crippen LogP contribution >= 0.6 is 0 Å². The van der Waals surface area contributed by atoms with Crippen LogP contribution in [0.1, 0.15) is 37.7 Å². The van der Waals surface area contributed by atoms with E-state index in [-0.39, 0.29) is 23.8 Å². The van der Waals surface area contributed by atoms with E-state index in [9.17, 15) is 19.7 Å². The van der Waals surface area contributed by atoms with E-state index in [0.717, 1.165) is 32.1 Å². The van der Waals surface area contributed by atoms with E-state index in [4.69, 9.17) is 4.74 Å². The number of Topliss-reactive ketones (excluding diaryl/α,β-unsaturated/α-hetero) is 1. The number of rotatable bonds is 6. The molecule has 6 heteroatoms. The van der Waals surface area contributed by atoms with Crippen LogP contribution in [0, 0.1) is 22.0 Å². The molecule has 1 unspecified atom stereocenters. The molecule has 23 heavy (non-hydrogen) atoms. The number of hydrogen-bond acceptors (Lipinski definition) is 5. The molecule has 0 aromatic heterocycles. The van der Waals surface area contributed by atoms with Crippen molar-refractivity contribution in [1.82, 2.24) is 0 Å². The SMILES string of the molecule is COC(=O)C(Cc1ccccc1[N+](=O)[O-])C(=O)C1CCCCC1. The van der Waals surface area contributed by atoms with Crippen LogP contribution in [-0.2, 0) is 20.7 Å². The van der Waals surface area contributed by atoms with Gasteiger partial charge in [-0.15, -0.1) is 0 Å². The van der Waals surface area contributed by atoms with E-state index in [1.165, 1.54) is 13.2 Å². The molecule has 1 aliphatic carbocycles. The normalized spacial score (nSPS) is 16.6. The van der Waals surface area contributed by atoms with Gasteiger partial charge in [0.2, 0.25) is 0 Å². The Morgan fingerprint density at radius 2 is 1.91 bits per heavy atom. The van der Waals surface area contributed by atoms with Crippen LogP contribution in [0.15, 0.2) is 24.3 Å². The molecule has 0 bridgehead atoms. The highest BCUT2D eigenvalue weighted by Crippen LogP contribution is 2.30. The van der Waals surface area contributed by atoms with Gasteiger partial charge in [0.1, 0.15) is 5.92 Å². The topological polar surface area (TPSA) is 86.5 Å². The third-order valence-corrected chi connectivity index (χ3v) is 4.45. The van der Waals surface area contributed by atoms with Gasteiger partial charge in [0.05, 0.1) is 12.0 Å². The number of esters is 1. The Morgan fingerprint density at radius 1 is 1.26 bits per heavy atom. The first kappa shape index (κ1) is 17.1. The molecule has 0 radical (unpaired) electrons. The first-order valence-corrected chi connectivity index (χ1v) is 7.88. The average Bonchev–Trinajstić information content (AvgIpc) is 2.59. The number of nitrogens with zero attached hydrogens (tertiary/aromatic N) is 1. The van der Waals surface area contributed by atoms with Crippen LogP contribution in [0.3, 0.4) is 0 Å². The van der Waals surface area contributed by atoms with Crippen LogP contribution in [0.5, 0.6) is 0 Å². The third kappa shape index (κ3) is 4.15. The number of hydrogen-bond donors (Lipinski definition) is 0. The Balaban J connectivity index is 2.24. The standard InChI is InChI=1S/C17H21NO5/c1-23-17(20)14(16(19)12-7-3-2-4-8-12)11-13-9-5-6-10-15(13)18(21)22/h5-6,9-10,12,14H,2-4,7-8,11H2,1H3. The van der Waals surface area contributed by atoms with Crippen LogP contribution in [-0.4, -0.2) is 23.8 Å². The largest absolute Gasteiger partial charge is 0.468 e. The Bertz CT molecular complexity index is 592. The molecule has 1 fully saturated rings. The second-order valence-corrected chi connectivity index (χ2v) is 5.90. The zero-order valence-corrected chi connectivity index (χ0v) is 13.2. The molecular formula is C17H21NO5. The molecular weight excluding hydrogens is 298 g/mol. The zero-order valence-electron chi connectivity index (χ0n) is 13.2. The summed E-state index contributed by atoms with van der Waals surface area (Å²) in [6.07, 6.45) is 4.65. The van der Waals surface area contributed by atoms with Gasteiger partial charge in [-0.3, -0.25) is 19.7 Å². The predicted octanol–water partition coefficient (Wildman–Crippen LogP) is 3.08. The number of carbonyl (C=O) groups is 2. The van der Waals surface area contributed by atoms with Crippen LogP contribution in [0.4, 0.5) is 5.69 Å². The second-order valence-electron chi connectivity index (χ2n) is 5.90. The van der Waals surface area contributed by atoms with Crippen molar-refractivity contribution >= 4 is 17.4 Å². The van der Waals surface area contributed by atoms with E-state index in [2.05, 4.69) is 0 Å².